The van der Waals surface area contributed by atoms with Crippen molar-refractivity contribution in [3.63, 3.8) is 0 Å². The van der Waals surface area contributed by atoms with Gasteiger partial charge in [-0.3, -0.25) is 4.99 Å². The van der Waals surface area contributed by atoms with Crippen molar-refractivity contribution in [3.05, 3.63) is 45.9 Å². The van der Waals surface area contributed by atoms with Crippen molar-refractivity contribution in [1.29, 1.82) is 0 Å². The molecule has 0 saturated heterocycles. The summed E-state index contributed by atoms with van der Waals surface area (Å²) < 4.78 is 11.1. The molecule has 0 amide bonds. The Balaban J connectivity index is 1.93. The van der Waals surface area contributed by atoms with Crippen LogP contribution in [-0.4, -0.2) is 43.2 Å². The molecule has 0 aliphatic heterocycles. The summed E-state index contributed by atoms with van der Waals surface area (Å²) in [4.78, 5) is 11.1. The van der Waals surface area contributed by atoms with Crippen molar-refractivity contribution in [3.8, 4) is 5.75 Å². The molecule has 1 N–H and O–H groups in total. The summed E-state index contributed by atoms with van der Waals surface area (Å²) in [5.41, 5.74) is 2.16. The number of aromatic nitrogens is 1. The van der Waals surface area contributed by atoms with Crippen LogP contribution in [0.3, 0.4) is 0 Å². The second kappa shape index (κ2) is 10.3. The Hall–Kier alpha value is -2.12. The largest absolute Gasteiger partial charge is 0.491 e. The lowest BCUT2D eigenvalue weighted by atomic mass is 10.2. The molecular formula is C20H30N4O2S. The number of ether oxygens (including phenoxy) is 2. The Morgan fingerprint density at radius 3 is 2.78 bits per heavy atom. The van der Waals surface area contributed by atoms with Crippen LogP contribution in [-0.2, 0) is 17.8 Å². The highest BCUT2D eigenvalue weighted by molar-refractivity contribution is 7.09. The van der Waals surface area contributed by atoms with Gasteiger partial charge < -0.3 is 19.7 Å². The Morgan fingerprint density at radius 1 is 1.33 bits per heavy atom. The molecule has 0 bridgehead atoms. The Morgan fingerprint density at radius 2 is 2.11 bits per heavy atom. The van der Waals surface area contributed by atoms with Gasteiger partial charge in [-0.15, -0.1) is 11.3 Å². The first-order chi connectivity index (χ1) is 12.9. The number of rotatable bonds is 8. The van der Waals surface area contributed by atoms with Crippen LogP contribution in [0.2, 0.25) is 0 Å². The lowest BCUT2D eigenvalue weighted by Gasteiger charge is -2.21. The van der Waals surface area contributed by atoms with Gasteiger partial charge in [0, 0.05) is 33.1 Å². The van der Waals surface area contributed by atoms with Crippen molar-refractivity contribution >= 4 is 17.3 Å². The molecule has 0 spiro atoms. The molecule has 0 fully saturated rings. The van der Waals surface area contributed by atoms with E-state index in [9.17, 15) is 0 Å². The number of aliphatic imine (C=N–C) groups is 1. The highest BCUT2D eigenvalue weighted by Crippen LogP contribution is 2.21. The fraction of sp³-hybridized carbons (Fsp3) is 0.500. The third kappa shape index (κ3) is 6.52. The first-order valence-corrected chi connectivity index (χ1v) is 9.95. The molecule has 0 radical (unpaired) electrons. The molecule has 1 aromatic carbocycles. The monoisotopic (exact) mass is 390 g/mol. The fourth-order valence-corrected chi connectivity index (χ4v) is 3.41. The first kappa shape index (κ1) is 21.2. The lowest BCUT2D eigenvalue weighted by molar-refractivity contribution is 0.119. The minimum absolute atomic E-state index is 0.0202. The van der Waals surface area contributed by atoms with Crippen LogP contribution in [0, 0.1) is 0 Å². The van der Waals surface area contributed by atoms with Gasteiger partial charge >= 0.3 is 0 Å². The summed E-state index contributed by atoms with van der Waals surface area (Å²) in [6.07, 6.45) is 0.183. The Kier molecular flexibility index (Phi) is 8.06. The van der Waals surface area contributed by atoms with Crippen molar-refractivity contribution in [2.75, 3.05) is 21.2 Å². The summed E-state index contributed by atoms with van der Waals surface area (Å²) in [6, 6.07) is 8.12. The number of nitrogens with one attached hydrogen (secondary N) is 1. The topological polar surface area (TPSA) is 59.0 Å². The molecule has 1 heterocycles. The van der Waals surface area contributed by atoms with Crippen LogP contribution in [0.4, 0.5) is 0 Å². The molecule has 7 heteroatoms. The molecule has 0 aliphatic carbocycles. The normalized spacial score (nSPS) is 12.9. The highest BCUT2D eigenvalue weighted by Gasteiger charge is 2.12. The van der Waals surface area contributed by atoms with Gasteiger partial charge in [-0.25, -0.2) is 4.98 Å². The second-order valence-corrected chi connectivity index (χ2v) is 7.52. The zero-order valence-electron chi connectivity index (χ0n) is 17.0. The molecule has 1 unspecified atom stereocenters. The van der Waals surface area contributed by atoms with E-state index in [1.165, 1.54) is 0 Å². The van der Waals surface area contributed by atoms with Gasteiger partial charge in [-0.05, 0) is 38.5 Å². The van der Waals surface area contributed by atoms with E-state index in [0.29, 0.717) is 13.1 Å². The van der Waals surface area contributed by atoms with E-state index >= 15 is 0 Å². The number of thiazole rings is 1. The Labute approximate surface area is 166 Å². The van der Waals surface area contributed by atoms with Crippen molar-refractivity contribution < 1.29 is 9.47 Å². The van der Waals surface area contributed by atoms with E-state index in [2.05, 4.69) is 37.7 Å². The number of guanidine groups is 1. The molecule has 0 aliphatic rings. The predicted octanol–water partition coefficient (Wildman–Crippen LogP) is 3.85. The minimum atomic E-state index is 0.0202. The molecule has 27 heavy (non-hydrogen) atoms. The van der Waals surface area contributed by atoms with Crippen LogP contribution in [0.1, 0.15) is 43.1 Å². The van der Waals surface area contributed by atoms with Crippen molar-refractivity contribution in [2.45, 2.75) is 46.1 Å². The average Bonchev–Trinajstić information content (AvgIpc) is 3.09. The molecular weight excluding hydrogens is 360 g/mol. The van der Waals surface area contributed by atoms with Crippen molar-refractivity contribution in [2.24, 2.45) is 4.99 Å². The van der Waals surface area contributed by atoms with Crippen molar-refractivity contribution in [1.82, 2.24) is 15.2 Å². The van der Waals surface area contributed by atoms with Gasteiger partial charge in [0.2, 0.25) is 0 Å². The van der Waals surface area contributed by atoms with Gasteiger partial charge in [-0.2, -0.15) is 0 Å². The van der Waals surface area contributed by atoms with E-state index in [0.717, 1.165) is 28.0 Å². The second-order valence-electron chi connectivity index (χ2n) is 6.63. The van der Waals surface area contributed by atoms with Gasteiger partial charge in [-0.1, -0.05) is 12.1 Å². The number of hydrogen-bond acceptors (Lipinski definition) is 5. The zero-order valence-corrected chi connectivity index (χ0v) is 17.8. The third-order valence-electron chi connectivity index (χ3n) is 3.96. The highest BCUT2D eigenvalue weighted by atomic mass is 32.1. The molecule has 1 atom stereocenters. The quantitative estimate of drug-likeness (QED) is 0.548. The zero-order chi connectivity index (χ0) is 19.8. The summed E-state index contributed by atoms with van der Waals surface area (Å²) in [5.74, 6) is 1.70. The van der Waals surface area contributed by atoms with Crippen LogP contribution in [0.15, 0.2) is 34.6 Å². The summed E-state index contributed by atoms with van der Waals surface area (Å²) >= 11 is 1.62. The molecule has 1 aromatic heterocycles. The van der Waals surface area contributed by atoms with Crippen LogP contribution >= 0.6 is 11.3 Å². The van der Waals surface area contributed by atoms with E-state index < -0.39 is 0 Å². The van der Waals surface area contributed by atoms with Crippen LogP contribution in [0.5, 0.6) is 5.75 Å². The summed E-state index contributed by atoms with van der Waals surface area (Å²) in [6.45, 7) is 7.42. The fourth-order valence-electron chi connectivity index (χ4n) is 2.57. The number of nitrogens with zero attached hydrogens (tertiary/aromatic N) is 3. The summed E-state index contributed by atoms with van der Waals surface area (Å²) in [7, 11) is 5.49. The van der Waals surface area contributed by atoms with Crippen LogP contribution in [0.25, 0.3) is 0 Å². The maximum atomic E-state index is 5.76. The van der Waals surface area contributed by atoms with Gasteiger partial charge in [0.25, 0.3) is 0 Å². The smallest absolute Gasteiger partial charge is 0.194 e. The summed E-state index contributed by atoms with van der Waals surface area (Å²) in [5, 5.41) is 6.46. The third-order valence-corrected chi connectivity index (χ3v) is 5.02. The maximum Gasteiger partial charge on any atom is 0.194 e. The number of benzene rings is 1. The average molecular weight is 391 g/mol. The van der Waals surface area contributed by atoms with E-state index in [-0.39, 0.29) is 12.2 Å². The first-order valence-electron chi connectivity index (χ1n) is 9.07. The molecule has 6 nitrogen and oxygen atoms in total. The minimum Gasteiger partial charge on any atom is -0.491 e. The van der Waals surface area contributed by atoms with Gasteiger partial charge in [0.1, 0.15) is 16.9 Å². The standard InChI is InChI=1S/C20H30N4O2S/c1-14(2)26-18-9-7-8-16(10-18)11-22-20(21-4)24(5)12-17-13-27-19(23-17)15(3)25-6/h7-10,13-15H,11-12H2,1-6H3,(H,21,22). The molecule has 2 aromatic rings. The van der Waals surface area contributed by atoms with Gasteiger partial charge in [0.05, 0.1) is 18.3 Å². The van der Waals surface area contributed by atoms with Gasteiger partial charge in [0.15, 0.2) is 5.96 Å². The predicted molar refractivity (Wildman–Crippen MR) is 111 cm³/mol. The van der Waals surface area contributed by atoms with E-state index in [1.54, 1.807) is 25.5 Å². The van der Waals surface area contributed by atoms with Crippen LogP contribution < -0.4 is 10.1 Å². The SMILES string of the molecule is CN=C(NCc1cccc(OC(C)C)c1)N(C)Cc1csc(C(C)OC)n1. The molecule has 148 valence electrons. The van der Waals surface area contributed by atoms with E-state index in [4.69, 9.17) is 9.47 Å². The number of hydrogen-bond donors (Lipinski definition) is 1. The molecule has 2 rings (SSSR count). The number of methoxy groups -OCH3 is 1. The Bertz CT molecular complexity index is 745. The van der Waals surface area contributed by atoms with E-state index in [1.807, 2.05) is 40.0 Å². The lowest BCUT2D eigenvalue weighted by Crippen LogP contribution is -2.38. The maximum absolute atomic E-state index is 5.76. The molecule has 0 saturated carbocycles.